The zero-order valence-electron chi connectivity index (χ0n) is 19.8. The summed E-state index contributed by atoms with van der Waals surface area (Å²) in [6.45, 7) is 4.99. The molecule has 3 rings (SSSR count). The lowest BCUT2D eigenvalue weighted by Gasteiger charge is -2.14. The number of hydrogen-bond acceptors (Lipinski definition) is 1. The highest BCUT2D eigenvalue weighted by Crippen LogP contribution is 2.32. The van der Waals surface area contributed by atoms with Crippen molar-refractivity contribution in [3.8, 4) is 22.3 Å². The highest BCUT2D eigenvalue weighted by molar-refractivity contribution is 5.74. The van der Waals surface area contributed by atoms with Crippen molar-refractivity contribution in [2.45, 2.75) is 71.6 Å². The molecule has 0 heterocycles. The van der Waals surface area contributed by atoms with Crippen molar-refractivity contribution in [3.05, 3.63) is 83.2 Å². The lowest BCUT2D eigenvalue weighted by Crippen LogP contribution is -2.05. The van der Waals surface area contributed by atoms with Crippen LogP contribution < -0.4 is 5.73 Å². The van der Waals surface area contributed by atoms with E-state index in [1.807, 2.05) is 6.07 Å². The molecule has 2 N–H and O–H groups in total. The summed E-state index contributed by atoms with van der Waals surface area (Å²) in [6.07, 6.45) is 10.3. The van der Waals surface area contributed by atoms with E-state index < -0.39 is 0 Å². The number of rotatable bonds is 12. The van der Waals surface area contributed by atoms with E-state index in [9.17, 15) is 0 Å². The zero-order chi connectivity index (χ0) is 22.8. The van der Waals surface area contributed by atoms with Gasteiger partial charge in [0.2, 0.25) is 0 Å². The van der Waals surface area contributed by atoms with Gasteiger partial charge in [0, 0.05) is 5.56 Å². The van der Waals surface area contributed by atoms with Crippen LogP contribution in [0.4, 0.5) is 4.39 Å². The van der Waals surface area contributed by atoms with Gasteiger partial charge in [-0.15, -0.1) is 0 Å². The third-order valence-electron chi connectivity index (χ3n) is 6.27. The van der Waals surface area contributed by atoms with Gasteiger partial charge >= 0.3 is 0 Å². The van der Waals surface area contributed by atoms with Gasteiger partial charge in [0.05, 0.1) is 0 Å². The largest absolute Gasteiger partial charge is 0.330 e. The van der Waals surface area contributed by atoms with Crippen molar-refractivity contribution in [2.75, 3.05) is 6.54 Å². The molecular weight excluding hydrogens is 393 g/mol. The van der Waals surface area contributed by atoms with Crippen LogP contribution >= 0.6 is 0 Å². The van der Waals surface area contributed by atoms with Crippen molar-refractivity contribution in [3.63, 3.8) is 0 Å². The van der Waals surface area contributed by atoms with Crippen molar-refractivity contribution < 1.29 is 4.39 Å². The summed E-state index contributed by atoms with van der Waals surface area (Å²) < 4.78 is 15.2. The molecule has 0 saturated heterocycles. The summed E-state index contributed by atoms with van der Waals surface area (Å²) in [7, 11) is 0. The predicted molar refractivity (Wildman–Crippen MR) is 136 cm³/mol. The van der Waals surface area contributed by atoms with Crippen molar-refractivity contribution in [1.29, 1.82) is 0 Å². The molecule has 3 aromatic carbocycles. The van der Waals surface area contributed by atoms with Crippen LogP contribution in [0.3, 0.4) is 0 Å². The van der Waals surface area contributed by atoms with Gasteiger partial charge in [-0.05, 0) is 84.2 Å². The van der Waals surface area contributed by atoms with Gasteiger partial charge in [0.15, 0.2) is 0 Å². The Hall–Kier alpha value is -2.45. The molecule has 0 aliphatic rings. The van der Waals surface area contributed by atoms with Gasteiger partial charge in [-0.1, -0.05) is 88.1 Å². The zero-order valence-corrected chi connectivity index (χ0v) is 19.8. The summed E-state index contributed by atoms with van der Waals surface area (Å²) in [5, 5.41) is 0. The van der Waals surface area contributed by atoms with E-state index in [0.717, 1.165) is 41.5 Å². The lowest BCUT2D eigenvalue weighted by molar-refractivity contribution is 0.631. The first-order chi connectivity index (χ1) is 15.7. The van der Waals surface area contributed by atoms with E-state index in [4.69, 9.17) is 5.73 Å². The Balaban J connectivity index is 1.84. The third-order valence-corrected chi connectivity index (χ3v) is 6.27. The number of benzene rings is 3. The van der Waals surface area contributed by atoms with Gasteiger partial charge in [0.25, 0.3) is 0 Å². The second-order valence-corrected chi connectivity index (χ2v) is 8.84. The first kappa shape index (κ1) is 24.2. The molecule has 0 atom stereocenters. The van der Waals surface area contributed by atoms with Crippen LogP contribution in [0.15, 0.2) is 60.7 Å². The topological polar surface area (TPSA) is 26.0 Å². The maximum Gasteiger partial charge on any atom is 0.131 e. The molecular formula is C30H38FN. The quantitative estimate of drug-likeness (QED) is 0.288. The third kappa shape index (κ3) is 6.53. The normalized spacial score (nSPS) is 11.1. The maximum absolute atomic E-state index is 15.2. The van der Waals surface area contributed by atoms with Crippen molar-refractivity contribution in [1.82, 2.24) is 0 Å². The van der Waals surface area contributed by atoms with Crippen LogP contribution in [-0.2, 0) is 19.3 Å². The molecule has 2 heteroatoms. The Bertz CT molecular complexity index is 957. The fourth-order valence-corrected chi connectivity index (χ4v) is 4.33. The summed E-state index contributed by atoms with van der Waals surface area (Å²) in [5.74, 6) is -0.175. The number of unbranched alkanes of at least 4 members (excludes halogenated alkanes) is 4. The predicted octanol–water partition coefficient (Wildman–Crippen LogP) is 8.13. The minimum atomic E-state index is -0.175. The van der Waals surface area contributed by atoms with Crippen LogP contribution in [-0.4, -0.2) is 6.54 Å². The number of halogens is 1. The van der Waals surface area contributed by atoms with Gasteiger partial charge in [-0.3, -0.25) is 0 Å². The monoisotopic (exact) mass is 431 g/mol. The molecule has 3 aromatic rings. The Morgan fingerprint density at radius 2 is 1.12 bits per heavy atom. The fraction of sp³-hybridized carbons (Fsp3) is 0.400. The van der Waals surface area contributed by atoms with Crippen LogP contribution in [0.5, 0.6) is 0 Å². The maximum atomic E-state index is 15.2. The second-order valence-electron chi connectivity index (χ2n) is 8.84. The van der Waals surface area contributed by atoms with Gasteiger partial charge < -0.3 is 5.73 Å². The highest BCUT2D eigenvalue weighted by Gasteiger charge is 2.13. The summed E-state index contributed by atoms with van der Waals surface area (Å²) in [5.41, 5.74) is 13.3. The van der Waals surface area contributed by atoms with E-state index >= 15 is 4.39 Å². The van der Waals surface area contributed by atoms with Crippen LogP contribution in [0.2, 0.25) is 0 Å². The van der Waals surface area contributed by atoms with E-state index in [1.165, 1.54) is 49.7 Å². The smallest absolute Gasteiger partial charge is 0.131 e. The highest BCUT2D eigenvalue weighted by atomic mass is 19.1. The minimum absolute atomic E-state index is 0.175. The molecule has 0 unspecified atom stereocenters. The minimum Gasteiger partial charge on any atom is -0.330 e. The molecule has 0 spiro atoms. The Morgan fingerprint density at radius 3 is 1.59 bits per heavy atom. The number of nitrogens with two attached hydrogens (primary N) is 1. The molecule has 0 aliphatic carbocycles. The van der Waals surface area contributed by atoms with Crippen molar-refractivity contribution in [2.24, 2.45) is 5.73 Å². The molecule has 0 saturated carbocycles. The van der Waals surface area contributed by atoms with Crippen molar-refractivity contribution >= 4 is 0 Å². The van der Waals surface area contributed by atoms with Crippen LogP contribution in [0.25, 0.3) is 22.3 Å². The molecule has 32 heavy (non-hydrogen) atoms. The number of hydrogen-bond donors (Lipinski definition) is 1. The fourth-order valence-electron chi connectivity index (χ4n) is 4.33. The molecule has 0 radical (unpaired) electrons. The Morgan fingerprint density at radius 1 is 0.625 bits per heavy atom. The Kier molecular flexibility index (Phi) is 9.49. The van der Waals surface area contributed by atoms with E-state index in [-0.39, 0.29) is 5.82 Å². The lowest BCUT2D eigenvalue weighted by atomic mass is 9.91. The van der Waals surface area contributed by atoms with Crippen LogP contribution in [0, 0.1) is 5.82 Å². The molecule has 0 aliphatic heterocycles. The number of aryl methyl sites for hydroxylation is 2. The van der Waals surface area contributed by atoms with Crippen LogP contribution in [0.1, 0.15) is 69.1 Å². The first-order valence-corrected chi connectivity index (χ1v) is 12.4. The standard InChI is InChI=1S/C30H38FN/c1-3-5-7-9-23-11-15-25(16-12-23)28-22-30(31)29(21-27(28)19-20-32)26-17-13-24(14-18-26)10-8-6-4-2/h11-18,21-22H,3-10,19-20,32H2,1-2H3. The Labute approximate surface area is 193 Å². The summed E-state index contributed by atoms with van der Waals surface area (Å²) in [6, 6.07) is 20.7. The molecule has 0 amide bonds. The molecule has 1 nitrogen and oxygen atoms in total. The molecule has 170 valence electrons. The van der Waals surface area contributed by atoms with E-state index in [1.54, 1.807) is 6.07 Å². The summed E-state index contributed by atoms with van der Waals surface area (Å²) >= 11 is 0. The summed E-state index contributed by atoms with van der Waals surface area (Å²) in [4.78, 5) is 0. The van der Waals surface area contributed by atoms with E-state index in [0.29, 0.717) is 12.1 Å². The SMILES string of the molecule is CCCCCc1ccc(-c2cc(CCN)c(-c3ccc(CCCCC)cc3)cc2F)cc1. The van der Waals surface area contributed by atoms with E-state index in [2.05, 4.69) is 62.4 Å². The van der Waals surface area contributed by atoms with Gasteiger partial charge in [-0.2, -0.15) is 0 Å². The molecule has 0 fully saturated rings. The molecule has 0 aromatic heterocycles. The van der Waals surface area contributed by atoms with Gasteiger partial charge in [0.1, 0.15) is 5.82 Å². The first-order valence-electron chi connectivity index (χ1n) is 12.4. The second kappa shape index (κ2) is 12.6. The average Bonchev–Trinajstić information content (AvgIpc) is 2.81. The average molecular weight is 432 g/mol. The molecule has 0 bridgehead atoms. The van der Waals surface area contributed by atoms with Gasteiger partial charge in [-0.25, -0.2) is 4.39 Å².